The number of nitrogens with zero attached hydrogens (tertiary/aromatic N) is 1. The van der Waals surface area contributed by atoms with Crippen LogP contribution in [0.5, 0.6) is 0 Å². The average molecular weight is 298 g/mol. The van der Waals surface area contributed by atoms with E-state index >= 15 is 0 Å². The molecular weight excluding hydrogens is 280 g/mol. The van der Waals surface area contributed by atoms with E-state index in [1.807, 2.05) is 0 Å². The molecule has 0 spiro atoms. The number of carbonyl (C=O) groups is 1. The molecule has 20 heavy (non-hydrogen) atoms. The second-order valence-electron chi connectivity index (χ2n) is 4.71. The first-order chi connectivity index (χ1) is 9.51. The summed E-state index contributed by atoms with van der Waals surface area (Å²) in [6, 6.07) is 6.41. The van der Waals surface area contributed by atoms with Crippen molar-refractivity contribution in [1.29, 1.82) is 0 Å². The summed E-state index contributed by atoms with van der Waals surface area (Å²) in [5, 5.41) is 11.3. The highest BCUT2D eigenvalue weighted by atomic mass is 32.2. The van der Waals surface area contributed by atoms with Crippen LogP contribution < -0.4 is 5.32 Å². The molecule has 6 nitrogen and oxygen atoms in total. The second kappa shape index (κ2) is 6.23. The molecular formula is C13H18N2O4S. The van der Waals surface area contributed by atoms with E-state index < -0.39 is 16.0 Å². The molecule has 2 N–H and O–H groups in total. The summed E-state index contributed by atoms with van der Waals surface area (Å²) >= 11 is 0. The van der Waals surface area contributed by atoms with Crippen LogP contribution in [0.1, 0.15) is 19.3 Å². The van der Waals surface area contributed by atoms with Gasteiger partial charge in [0.05, 0.1) is 5.69 Å². The first-order valence-corrected chi connectivity index (χ1v) is 8.00. The Labute approximate surface area is 118 Å². The monoisotopic (exact) mass is 298 g/mol. The molecule has 1 aliphatic heterocycles. The smallest absolute Gasteiger partial charge is 0.322 e. The summed E-state index contributed by atoms with van der Waals surface area (Å²) < 4.78 is 26.7. The molecule has 0 amide bonds. The molecule has 1 aromatic carbocycles. The third kappa shape index (κ3) is 3.29. The number of rotatable bonds is 5. The van der Waals surface area contributed by atoms with Crippen molar-refractivity contribution in [3.63, 3.8) is 0 Å². The number of nitrogens with one attached hydrogen (secondary N) is 1. The van der Waals surface area contributed by atoms with E-state index in [4.69, 9.17) is 5.11 Å². The Morgan fingerprint density at radius 2 is 1.85 bits per heavy atom. The molecule has 0 bridgehead atoms. The summed E-state index contributed by atoms with van der Waals surface area (Å²) in [6.07, 6.45) is 2.78. The SMILES string of the molecule is O=C(O)CNc1ccccc1S(=O)(=O)N1CCCCC1. The van der Waals surface area contributed by atoms with Gasteiger partial charge in [-0.2, -0.15) is 4.31 Å². The molecule has 0 aliphatic carbocycles. The van der Waals surface area contributed by atoms with E-state index in [0.29, 0.717) is 18.8 Å². The molecule has 1 aliphatic rings. The van der Waals surface area contributed by atoms with Crippen LogP contribution in [0.15, 0.2) is 29.2 Å². The van der Waals surface area contributed by atoms with Crippen LogP contribution in [0, 0.1) is 0 Å². The molecule has 1 aromatic rings. The third-order valence-corrected chi connectivity index (χ3v) is 5.21. The van der Waals surface area contributed by atoms with Crippen molar-refractivity contribution in [3.05, 3.63) is 24.3 Å². The van der Waals surface area contributed by atoms with Gasteiger partial charge in [0, 0.05) is 13.1 Å². The Morgan fingerprint density at radius 3 is 2.50 bits per heavy atom. The van der Waals surface area contributed by atoms with E-state index in [1.165, 1.54) is 10.4 Å². The van der Waals surface area contributed by atoms with Crippen LogP contribution in [0.3, 0.4) is 0 Å². The number of aliphatic carboxylic acids is 1. The van der Waals surface area contributed by atoms with Gasteiger partial charge in [-0.05, 0) is 25.0 Å². The summed E-state index contributed by atoms with van der Waals surface area (Å²) in [4.78, 5) is 10.8. The number of piperidine rings is 1. The minimum Gasteiger partial charge on any atom is -0.480 e. The van der Waals surface area contributed by atoms with E-state index in [0.717, 1.165) is 19.3 Å². The van der Waals surface area contributed by atoms with Crippen molar-refractivity contribution in [2.75, 3.05) is 25.0 Å². The number of hydrogen-bond donors (Lipinski definition) is 2. The van der Waals surface area contributed by atoms with Crippen molar-refractivity contribution in [1.82, 2.24) is 4.31 Å². The maximum Gasteiger partial charge on any atom is 0.322 e. The first kappa shape index (κ1) is 14.8. The Morgan fingerprint density at radius 1 is 1.20 bits per heavy atom. The minimum atomic E-state index is -3.56. The molecule has 0 saturated carbocycles. The lowest BCUT2D eigenvalue weighted by molar-refractivity contribution is -0.134. The Balaban J connectivity index is 2.28. The molecule has 7 heteroatoms. The molecule has 0 unspecified atom stereocenters. The molecule has 0 atom stereocenters. The lowest BCUT2D eigenvalue weighted by Gasteiger charge is -2.26. The average Bonchev–Trinajstić information content (AvgIpc) is 2.46. The van der Waals surface area contributed by atoms with Gasteiger partial charge in [-0.25, -0.2) is 8.42 Å². The molecule has 1 saturated heterocycles. The maximum absolute atomic E-state index is 12.6. The zero-order valence-corrected chi connectivity index (χ0v) is 11.9. The quantitative estimate of drug-likeness (QED) is 0.857. The molecule has 1 heterocycles. The Hall–Kier alpha value is -1.60. The Kier molecular flexibility index (Phi) is 4.61. The lowest BCUT2D eigenvalue weighted by atomic mass is 10.2. The largest absolute Gasteiger partial charge is 0.480 e. The van der Waals surface area contributed by atoms with Crippen molar-refractivity contribution >= 4 is 21.7 Å². The zero-order valence-electron chi connectivity index (χ0n) is 11.1. The third-order valence-electron chi connectivity index (χ3n) is 3.25. The zero-order chi connectivity index (χ0) is 14.6. The number of sulfonamides is 1. The summed E-state index contributed by atoms with van der Waals surface area (Å²) in [5.41, 5.74) is 0.334. The molecule has 110 valence electrons. The van der Waals surface area contributed by atoms with Gasteiger partial charge in [-0.3, -0.25) is 4.79 Å². The first-order valence-electron chi connectivity index (χ1n) is 6.56. The topological polar surface area (TPSA) is 86.7 Å². The number of anilines is 1. The fourth-order valence-electron chi connectivity index (χ4n) is 2.25. The highest BCUT2D eigenvalue weighted by Crippen LogP contribution is 2.26. The van der Waals surface area contributed by atoms with Crippen LogP contribution in [0.25, 0.3) is 0 Å². The second-order valence-corrected chi connectivity index (χ2v) is 6.61. The van der Waals surface area contributed by atoms with Crippen molar-refractivity contribution < 1.29 is 18.3 Å². The number of hydrogen-bond acceptors (Lipinski definition) is 4. The maximum atomic E-state index is 12.6. The van der Waals surface area contributed by atoms with E-state index in [9.17, 15) is 13.2 Å². The van der Waals surface area contributed by atoms with Crippen LogP contribution in [-0.2, 0) is 14.8 Å². The Bertz CT molecular complexity index is 580. The fourth-order valence-corrected chi connectivity index (χ4v) is 3.94. The van der Waals surface area contributed by atoms with Crippen molar-refractivity contribution in [2.45, 2.75) is 24.2 Å². The number of benzene rings is 1. The highest BCUT2D eigenvalue weighted by molar-refractivity contribution is 7.89. The van der Waals surface area contributed by atoms with Gasteiger partial charge in [0.25, 0.3) is 0 Å². The molecule has 0 radical (unpaired) electrons. The van der Waals surface area contributed by atoms with Gasteiger partial charge in [-0.15, -0.1) is 0 Å². The summed E-state index contributed by atoms with van der Waals surface area (Å²) in [7, 11) is -3.56. The highest BCUT2D eigenvalue weighted by Gasteiger charge is 2.27. The van der Waals surface area contributed by atoms with Gasteiger partial charge >= 0.3 is 5.97 Å². The van der Waals surface area contributed by atoms with Crippen LogP contribution >= 0.6 is 0 Å². The lowest BCUT2D eigenvalue weighted by Crippen LogP contribution is -2.36. The number of carboxylic acids is 1. The van der Waals surface area contributed by atoms with Crippen LogP contribution in [-0.4, -0.2) is 43.4 Å². The van der Waals surface area contributed by atoms with Crippen LogP contribution in [0.2, 0.25) is 0 Å². The predicted molar refractivity (Wildman–Crippen MR) is 75.2 cm³/mol. The fraction of sp³-hybridized carbons (Fsp3) is 0.462. The van der Waals surface area contributed by atoms with Gasteiger partial charge in [-0.1, -0.05) is 18.6 Å². The molecule has 1 fully saturated rings. The summed E-state index contributed by atoms with van der Waals surface area (Å²) in [5.74, 6) is -1.03. The van der Waals surface area contributed by atoms with Gasteiger partial charge in [0.15, 0.2) is 0 Å². The van der Waals surface area contributed by atoms with E-state index in [-0.39, 0.29) is 11.4 Å². The number of carboxylic acid groups (broad SMARTS) is 1. The van der Waals surface area contributed by atoms with Crippen molar-refractivity contribution in [3.8, 4) is 0 Å². The van der Waals surface area contributed by atoms with Gasteiger partial charge < -0.3 is 10.4 Å². The van der Waals surface area contributed by atoms with Crippen molar-refractivity contribution in [2.24, 2.45) is 0 Å². The minimum absolute atomic E-state index is 0.142. The molecule has 0 aromatic heterocycles. The van der Waals surface area contributed by atoms with Gasteiger partial charge in [0.1, 0.15) is 11.4 Å². The van der Waals surface area contributed by atoms with E-state index in [2.05, 4.69) is 5.32 Å². The van der Waals surface area contributed by atoms with Gasteiger partial charge in [0.2, 0.25) is 10.0 Å². The number of para-hydroxylation sites is 1. The predicted octanol–water partition coefficient (Wildman–Crippen LogP) is 1.36. The summed E-state index contributed by atoms with van der Waals surface area (Å²) in [6.45, 7) is 0.734. The van der Waals surface area contributed by atoms with E-state index in [1.54, 1.807) is 18.2 Å². The normalized spacial score (nSPS) is 16.8. The standard InChI is InChI=1S/C13H18N2O4S/c16-13(17)10-14-11-6-2-3-7-12(11)20(18,19)15-8-4-1-5-9-15/h2-3,6-7,14H,1,4-5,8-10H2,(H,16,17). The molecule has 2 rings (SSSR count). The van der Waals surface area contributed by atoms with Crippen LogP contribution in [0.4, 0.5) is 5.69 Å².